The maximum atomic E-state index is 13.5. The number of ketones is 1. The van der Waals surface area contributed by atoms with Crippen LogP contribution in [-0.2, 0) is 9.59 Å². The van der Waals surface area contributed by atoms with Crippen molar-refractivity contribution in [2.45, 2.75) is 33.6 Å². The minimum atomic E-state index is -0.162. The molecule has 0 atom stereocenters. The van der Waals surface area contributed by atoms with Crippen molar-refractivity contribution in [3.05, 3.63) is 86.7 Å². The first-order valence-corrected chi connectivity index (χ1v) is 10.7. The van der Waals surface area contributed by atoms with Gasteiger partial charge in [0.15, 0.2) is 5.78 Å². The van der Waals surface area contributed by atoms with Gasteiger partial charge in [-0.2, -0.15) is 10.1 Å². The summed E-state index contributed by atoms with van der Waals surface area (Å²) in [7, 11) is 0. The van der Waals surface area contributed by atoms with Crippen LogP contribution in [0.1, 0.15) is 37.1 Å². The first-order valence-electron chi connectivity index (χ1n) is 9.78. The van der Waals surface area contributed by atoms with Crippen molar-refractivity contribution in [1.82, 2.24) is 0 Å². The second kappa shape index (κ2) is 7.76. The lowest BCUT2D eigenvalue weighted by molar-refractivity contribution is -0.114. The Morgan fingerprint density at radius 2 is 1.66 bits per heavy atom. The molecule has 2 aliphatic rings. The third kappa shape index (κ3) is 3.32. The zero-order valence-corrected chi connectivity index (χ0v) is 17.5. The predicted octanol–water partition coefficient (Wildman–Crippen LogP) is 5.36. The van der Waals surface area contributed by atoms with Gasteiger partial charge >= 0.3 is 0 Å². The van der Waals surface area contributed by atoms with Gasteiger partial charge in [0.2, 0.25) is 0 Å². The molecule has 0 saturated carbocycles. The normalized spacial score (nSPS) is 16.9. The van der Waals surface area contributed by atoms with E-state index in [1.54, 1.807) is 11.3 Å². The molecule has 2 heterocycles. The van der Waals surface area contributed by atoms with Crippen LogP contribution in [0.2, 0.25) is 0 Å². The number of rotatable bonds is 4. The van der Waals surface area contributed by atoms with Crippen LogP contribution in [0.4, 0.5) is 5.69 Å². The SMILES string of the molecule is CCC1=CC(=C2C(=O)N(c3ccccc3C)N=C2c2cccs2)C=C(CC)C1=O. The summed E-state index contributed by atoms with van der Waals surface area (Å²) in [5.74, 6) is -0.0828. The number of nitrogens with zero attached hydrogens (tertiary/aromatic N) is 2. The van der Waals surface area contributed by atoms with Gasteiger partial charge in [-0.1, -0.05) is 38.1 Å². The van der Waals surface area contributed by atoms with E-state index in [1.165, 1.54) is 5.01 Å². The number of carbonyl (C=O) groups is 2. The highest BCUT2D eigenvalue weighted by molar-refractivity contribution is 7.12. The van der Waals surface area contributed by atoms with E-state index in [0.29, 0.717) is 24.1 Å². The minimum Gasteiger partial charge on any atom is -0.289 e. The van der Waals surface area contributed by atoms with Gasteiger partial charge in [-0.25, -0.2) is 0 Å². The average molecular weight is 403 g/mol. The molecule has 1 aromatic heterocycles. The van der Waals surface area contributed by atoms with Crippen molar-refractivity contribution in [2.24, 2.45) is 5.10 Å². The highest BCUT2D eigenvalue weighted by Crippen LogP contribution is 2.34. The van der Waals surface area contributed by atoms with E-state index in [0.717, 1.165) is 32.8 Å². The van der Waals surface area contributed by atoms with Crippen LogP contribution < -0.4 is 5.01 Å². The quantitative estimate of drug-likeness (QED) is 0.647. The van der Waals surface area contributed by atoms with Crippen molar-refractivity contribution in [1.29, 1.82) is 0 Å². The molecule has 146 valence electrons. The molecule has 4 rings (SSSR count). The molecule has 5 heteroatoms. The third-order valence-electron chi connectivity index (χ3n) is 5.23. The summed E-state index contributed by atoms with van der Waals surface area (Å²) in [6.45, 7) is 5.90. The van der Waals surface area contributed by atoms with Crippen LogP contribution in [0.3, 0.4) is 0 Å². The Morgan fingerprint density at radius 1 is 0.966 bits per heavy atom. The number of hydrazone groups is 1. The van der Waals surface area contributed by atoms with Crippen molar-refractivity contribution in [2.75, 3.05) is 5.01 Å². The minimum absolute atomic E-state index is 0.0789. The highest BCUT2D eigenvalue weighted by atomic mass is 32.1. The van der Waals surface area contributed by atoms with Crippen LogP contribution in [-0.4, -0.2) is 17.4 Å². The van der Waals surface area contributed by atoms with E-state index in [9.17, 15) is 9.59 Å². The molecule has 0 spiro atoms. The number of carbonyl (C=O) groups excluding carboxylic acids is 2. The lowest BCUT2D eigenvalue weighted by Gasteiger charge is -2.17. The number of para-hydroxylation sites is 1. The van der Waals surface area contributed by atoms with Gasteiger partial charge in [0.25, 0.3) is 5.91 Å². The zero-order valence-electron chi connectivity index (χ0n) is 16.7. The van der Waals surface area contributed by atoms with Gasteiger partial charge in [0.05, 0.1) is 16.1 Å². The molecular weight excluding hydrogens is 380 g/mol. The summed E-state index contributed by atoms with van der Waals surface area (Å²) in [6.07, 6.45) is 4.99. The number of thiophene rings is 1. The fourth-order valence-electron chi connectivity index (χ4n) is 3.64. The maximum Gasteiger partial charge on any atom is 0.281 e. The molecule has 1 aromatic carbocycles. The van der Waals surface area contributed by atoms with Crippen molar-refractivity contribution < 1.29 is 9.59 Å². The Morgan fingerprint density at radius 3 is 2.24 bits per heavy atom. The van der Waals surface area contributed by atoms with Crippen LogP contribution in [0.5, 0.6) is 0 Å². The van der Waals surface area contributed by atoms with E-state index in [4.69, 9.17) is 5.10 Å². The molecule has 1 amide bonds. The Balaban J connectivity index is 1.93. The van der Waals surface area contributed by atoms with Gasteiger partial charge in [-0.3, -0.25) is 9.59 Å². The fraction of sp³-hybridized carbons (Fsp3) is 0.208. The number of hydrogen-bond donors (Lipinski definition) is 0. The number of aryl methyl sites for hydroxylation is 1. The summed E-state index contributed by atoms with van der Waals surface area (Å²) in [5, 5.41) is 8.20. The lowest BCUT2D eigenvalue weighted by Crippen LogP contribution is -2.23. The molecule has 0 fully saturated rings. The number of allylic oxidation sites excluding steroid dienone is 5. The zero-order chi connectivity index (χ0) is 20.5. The van der Waals surface area contributed by atoms with Crippen LogP contribution in [0.25, 0.3) is 0 Å². The van der Waals surface area contributed by atoms with Crippen molar-refractivity contribution in [3.63, 3.8) is 0 Å². The van der Waals surface area contributed by atoms with E-state index in [2.05, 4.69) is 0 Å². The summed E-state index contributed by atoms with van der Waals surface area (Å²) < 4.78 is 0. The Kier molecular flexibility index (Phi) is 5.16. The van der Waals surface area contributed by atoms with Crippen molar-refractivity contribution in [3.8, 4) is 0 Å². The summed E-state index contributed by atoms with van der Waals surface area (Å²) in [4.78, 5) is 27.1. The number of benzene rings is 1. The molecular formula is C24H22N2O2S. The summed E-state index contributed by atoms with van der Waals surface area (Å²) in [6, 6.07) is 11.7. The number of anilines is 1. The molecule has 0 radical (unpaired) electrons. The van der Waals surface area contributed by atoms with E-state index in [-0.39, 0.29) is 11.7 Å². The number of Topliss-reactive ketones (excluding diaryl/α,β-unsaturated/α-hetero) is 1. The number of hydrogen-bond acceptors (Lipinski definition) is 4. The fourth-order valence-corrected chi connectivity index (χ4v) is 4.35. The highest BCUT2D eigenvalue weighted by Gasteiger charge is 2.36. The molecule has 0 N–H and O–H groups in total. The van der Waals surface area contributed by atoms with Crippen LogP contribution in [0, 0.1) is 6.92 Å². The second-order valence-electron chi connectivity index (χ2n) is 7.04. The molecule has 1 aliphatic heterocycles. The predicted molar refractivity (Wildman–Crippen MR) is 118 cm³/mol. The molecule has 0 saturated heterocycles. The first kappa shape index (κ1) is 19.3. The van der Waals surface area contributed by atoms with Crippen molar-refractivity contribution >= 4 is 34.4 Å². The first-order chi connectivity index (χ1) is 14.0. The topological polar surface area (TPSA) is 49.7 Å². The molecule has 4 nitrogen and oxygen atoms in total. The molecule has 2 aromatic rings. The maximum absolute atomic E-state index is 13.5. The van der Waals surface area contributed by atoms with Crippen LogP contribution in [0.15, 0.2) is 81.3 Å². The Bertz CT molecular complexity index is 1090. The molecule has 0 unspecified atom stereocenters. The van der Waals surface area contributed by atoms with E-state index in [1.807, 2.05) is 74.7 Å². The average Bonchev–Trinajstić information content (AvgIpc) is 3.37. The van der Waals surface area contributed by atoms with Gasteiger partial charge in [-0.15, -0.1) is 11.3 Å². The Labute approximate surface area is 174 Å². The summed E-state index contributed by atoms with van der Waals surface area (Å²) >= 11 is 1.55. The van der Waals surface area contributed by atoms with Gasteiger partial charge in [-0.05, 0) is 60.6 Å². The molecule has 0 bridgehead atoms. The molecule has 1 aliphatic carbocycles. The Hall–Kier alpha value is -3.05. The third-order valence-corrected chi connectivity index (χ3v) is 6.11. The van der Waals surface area contributed by atoms with E-state index >= 15 is 0 Å². The largest absolute Gasteiger partial charge is 0.289 e. The molecule has 29 heavy (non-hydrogen) atoms. The van der Waals surface area contributed by atoms with E-state index < -0.39 is 0 Å². The standard InChI is InChI=1S/C24H22N2O2S/c1-4-16-13-18(14-17(5-2)23(16)27)21-22(20-11-8-12-29-20)25-26(24(21)28)19-10-7-6-9-15(19)3/h6-14H,4-5H2,1-3H3. The van der Waals surface area contributed by atoms with Gasteiger partial charge in [0, 0.05) is 11.1 Å². The monoisotopic (exact) mass is 402 g/mol. The van der Waals surface area contributed by atoms with Gasteiger partial charge in [0.1, 0.15) is 5.71 Å². The van der Waals surface area contributed by atoms with Gasteiger partial charge < -0.3 is 0 Å². The summed E-state index contributed by atoms with van der Waals surface area (Å²) in [5.41, 5.74) is 5.21. The lowest BCUT2D eigenvalue weighted by atomic mass is 9.87. The van der Waals surface area contributed by atoms with Crippen LogP contribution >= 0.6 is 11.3 Å². The number of amides is 1. The smallest absolute Gasteiger partial charge is 0.281 e. The second-order valence-corrected chi connectivity index (χ2v) is 7.98.